The molecule has 0 fully saturated rings. The van der Waals surface area contributed by atoms with Crippen molar-refractivity contribution in [1.82, 2.24) is 9.78 Å². The van der Waals surface area contributed by atoms with E-state index in [1.54, 1.807) is 11.6 Å². The summed E-state index contributed by atoms with van der Waals surface area (Å²) in [6, 6.07) is 5.41. The molecule has 0 saturated heterocycles. The number of nitrogen functional groups attached to an aromatic ring is 1. The highest BCUT2D eigenvalue weighted by molar-refractivity contribution is 5.71. The molecule has 1 aromatic carbocycles. The van der Waals surface area contributed by atoms with E-state index in [0.29, 0.717) is 29.4 Å². The van der Waals surface area contributed by atoms with E-state index in [9.17, 15) is 13.2 Å². The minimum absolute atomic E-state index is 0.277. The van der Waals surface area contributed by atoms with Crippen LogP contribution in [0.15, 0.2) is 24.3 Å². The van der Waals surface area contributed by atoms with Gasteiger partial charge in [-0.3, -0.25) is 0 Å². The number of nitrogens with one attached hydrogen (secondary N) is 1. The molecule has 0 aliphatic rings. The second kappa shape index (κ2) is 5.55. The van der Waals surface area contributed by atoms with Gasteiger partial charge >= 0.3 is 6.36 Å². The Morgan fingerprint density at radius 3 is 2.43 bits per heavy atom. The molecular weight excluding hydrogens is 285 g/mol. The van der Waals surface area contributed by atoms with Crippen molar-refractivity contribution in [3.63, 3.8) is 0 Å². The molecule has 0 aliphatic carbocycles. The zero-order valence-corrected chi connectivity index (χ0v) is 11.5. The zero-order chi connectivity index (χ0) is 15.6. The summed E-state index contributed by atoms with van der Waals surface area (Å²) in [5, 5.41) is 7.29. The summed E-state index contributed by atoms with van der Waals surface area (Å²) in [7, 11) is 0. The number of halogens is 3. The predicted molar refractivity (Wildman–Crippen MR) is 73.5 cm³/mol. The lowest BCUT2D eigenvalue weighted by Crippen LogP contribution is -2.17. The normalized spacial score (nSPS) is 11.5. The van der Waals surface area contributed by atoms with Gasteiger partial charge < -0.3 is 15.8 Å². The standard InChI is InChI=1S/C13H15F3N4O/c1-3-20-12(11(17)8(2)19-20)18-9-4-6-10(7-5-9)21-13(14,15)16/h4-7,18H,3,17H2,1-2H3. The number of aryl methyl sites for hydroxylation is 2. The molecule has 1 heterocycles. The summed E-state index contributed by atoms with van der Waals surface area (Å²) in [4.78, 5) is 0. The molecule has 0 bridgehead atoms. The average molecular weight is 300 g/mol. The summed E-state index contributed by atoms with van der Waals surface area (Å²) in [5.41, 5.74) is 7.71. The third-order valence-corrected chi connectivity index (χ3v) is 2.82. The van der Waals surface area contributed by atoms with Crippen LogP contribution in [0.1, 0.15) is 12.6 Å². The van der Waals surface area contributed by atoms with E-state index >= 15 is 0 Å². The van der Waals surface area contributed by atoms with Crippen molar-refractivity contribution in [2.75, 3.05) is 11.1 Å². The Bertz CT molecular complexity index is 620. The van der Waals surface area contributed by atoms with E-state index < -0.39 is 6.36 Å². The van der Waals surface area contributed by atoms with Crippen molar-refractivity contribution in [2.45, 2.75) is 26.8 Å². The Balaban J connectivity index is 2.17. The fourth-order valence-corrected chi connectivity index (χ4v) is 1.83. The van der Waals surface area contributed by atoms with Crippen molar-refractivity contribution in [1.29, 1.82) is 0 Å². The number of hydrogen-bond acceptors (Lipinski definition) is 4. The first kappa shape index (κ1) is 15.0. The molecule has 1 aromatic heterocycles. The second-order valence-electron chi connectivity index (χ2n) is 4.36. The quantitative estimate of drug-likeness (QED) is 0.908. The number of aromatic nitrogens is 2. The van der Waals surface area contributed by atoms with Gasteiger partial charge in [0.2, 0.25) is 0 Å². The number of rotatable bonds is 4. The van der Waals surface area contributed by atoms with Crippen LogP contribution in [0.3, 0.4) is 0 Å². The summed E-state index contributed by atoms with van der Waals surface area (Å²) in [6.45, 7) is 4.32. The highest BCUT2D eigenvalue weighted by atomic mass is 19.4. The summed E-state index contributed by atoms with van der Waals surface area (Å²) < 4.78 is 41.7. The zero-order valence-electron chi connectivity index (χ0n) is 11.5. The first-order valence-electron chi connectivity index (χ1n) is 6.26. The van der Waals surface area contributed by atoms with Crippen molar-refractivity contribution >= 4 is 17.2 Å². The minimum Gasteiger partial charge on any atom is -0.406 e. The molecule has 0 saturated carbocycles. The van der Waals surface area contributed by atoms with Crippen LogP contribution in [-0.2, 0) is 6.54 Å². The first-order valence-corrected chi connectivity index (χ1v) is 6.26. The molecule has 0 atom stereocenters. The largest absolute Gasteiger partial charge is 0.573 e. The molecule has 0 amide bonds. The van der Waals surface area contributed by atoms with Gasteiger partial charge in [-0.05, 0) is 38.1 Å². The maximum atomic E-state index is 12.1. The number of nitrogens with zero attached hydrogens (tertiary/aromatic N) is 2. The fourth-order valence-electron chi connectivity index (χ4n) is 1.83. The molecule has 0 aliphatic heterocycles. The maximum Gasteiger partial charge on any atom is 0.573 e. The summed E-state index contributed by atoms with van der Waals surface area (Å²) >= 11 is 0. The Morgan fingerprint density at radius 2 is 1.90 bits per heavy atom. The Kier molecular flexibility index (Phi) is 3.97. The molecule has 0 radical (unpaired) electrons. The number of anilines is 3. The van der Waals surface area contributed by atoms with Crippen LogP contribution >= 0.6 is 0 Å². The SMILES string of the molecule is CCn1nc(C)c(N)c1Nc1ccc(OC(F)(F)F)cc1. The molecule has 21 heavy (non-hydrogen) atoms. The molecule has 2 aromatic rings. The Morgan fingerprint density at radius 1 is 1.29 bits per heavy atom. The van der Waals surface area contributed by atoms with Crippen LogP contribution in [0.25, 0.3) is 0 Å². The number of ether oxygens (including phenoxy) is 1. The van der Waals surface area contributed by atoms with Gasteiger partial charge in [-0.15, -0.1) is 13.2 Å². The van der Waals surface area contributed by atoms with Crippen LogP contribution in [0.2, 0.25) is 0 Å². The van der Waals surface area contributed by atoms with Crippen LogP contribution in [0, 0.1) is 6.92 Å². The highest BCUT2D eigenvalue weighted by Crippen LogP contribution is 2.28. The van der Waals surface area contributed by atoms with Gasteiger partial charge in [0.25, 0.3) is 0 Å². The van der Waals surface area contributed by atoms with E-state index in [0.717, 1.165) is 0 Å². The molecular formula is C13H15F3N4O. The topological polar surface area (TPSA) is 65.1 Å². The molecule has 3 N–H and O–H groups in total. The monoisotopic (exact) mass is 300 g/mol. The van der Waals surface area contributed by atoms with Crippen molar-refractivity contribution in [2.24, 2.45) is 0 Å². The van der Waals surface area contributed by atoms with Crippen LogP contribution in [0.5, 0.6) is 5.75 Å². The fraction of sp³-hybridized carbons (Fsp3) is 0.308. The number of nitrogens with two attached hydrogens (primary N) is 1. The molecule has 8 heteroatoms. The third kappa shape index (κ3) is 3.59. The molecule has 0 spiro atoms. The Hall–Kier alpha value is -2.38. The lowest BCUT2D eigenvalue weighted by molar-refractivity contribution is -0.274. The minimum atomic E-state index is -4.70. The van der Waals surface area contributed by atoms with Crippen LogP contribution in [0.4, 0.5) is 30.4 Å². The maximum absolute atomic E-state index is 12.1. The van der Waals surface area contributed by atoms with Crippen LogP contribution in [-0.4, -0.2) is 16.1 Å². The molecule has 2 rings (SSSR count). The van der Waals surface area contributed by atoms with Crippen LogP contribution < -0.4 is 15.8 Å². The number of benzene rings is 1. The smallest absolute Gasteiger partial charge is 0.406 e. The van der Waals surface area contributed by atoms with Gasteiger partial charge in [0.1, 0.15) is 5.75 Å². The van der Waals surface area contributed by atoms with Gasteiger partial charge in [-0.2, -0.15) is 5.10 Å². The highest BCUT2D eigenvalue weighted by Gasteiger charge is 2.30. The molecule has 5 nitrogen and oxygen atoms in total. The summed E-state index contributed by atoms with van der Waals surface area (Å²) in [6.07, 6.45) is -4.70. The predicted octanol–water partition coefficient (Wildman–Crippen LogP) is 3.44. The summed E-state index contributed by atoms with van der Waals surface area (Å²) in [5.74, 6) is 0.334. The average Bonchev–Trinajstić information content (AvgIpc) is 2.67. The van der Waals surface area contributed by atoms with E-state index in [1.807, 2.05) is 6.92 Å². The van der Waals surface area contributed by atoms with Gasteiger partial charge in [-0.1, -0.05) is 0 Å². The van der Waals surface area contributed by atoms with Gasteiger partial charge in [-0.25, -0.2) is 4.68 Å². The number of hydrogen-bond donors (Lipinski definition) is 2. The third-order valence-electron chi connectivity index (χ3n) is 2.82. The first-order chi connectivity index (χ1) is 9.80. The second-order valence-corrected chi connectivity index (χ2v) is 4.36. The lowest BCUT2D eigenvalue weighted by atomic mass is 10.3. The van der Waals surface area contributed by atoms with Crippen molar-refractivity contribution < 1.29 is 17.9 Å². The molecule has 114 valence electrons. The van der Waals surface area contributed by atoms with Gasteiger partial charge in [0.15, 0.2) is 5.82 Å². The van der Waals surface area contributed by atoms with E-state index in [4.69, 9.17) is 5.73 Å². The van der Waals surface area contributed by atoms with E-state index in [2.05, 4.69) is 15.2 Å². The van der Waals surface area contributed by atoms with Gasteiger partial charge in [0.05, 0.1) is 11.4 Å². The molecule has 0 unspecified atom stereocenters. The van der Waals surface area contributed by atoms with Gasteiger partial charge in [0, 0.05) is 12.2 Å². The van der Waals surface area contributed by atoms with E-state index in [-0.39, 0.29) is 5.75 Å². The Labute approximate surface area is 119 Å². The van der Waals surface area contributed by atoms with Crippen molar-refractivity contribution in [3.8, 4) is 5.75 Å². The van der Waals surface area contributed by atoms with E-state index in [1.165, 1.54) is 24.3 Å². The van der Waals surface area contributed by atoms with Crippen molar-refractivity contribution in [3.05, 3.63) is 30.0 Å². The lowest BCUT2D eigenvalue weighted by Gasteiger charge is -2.11. The number of alkyl halides is 3.